The molecule has 2 heterocycles. The SMILES string of the molecule is CCC(CC)CN(CC)C(=O)c1ccn(C2CCCNC2)n1. The largest absolute Gasteiger partial charge is 0.337 e. The zero-order chi connectivity index (χ0) is 15.9. The third kappa shape index (κ3) is 4.09. The Labute approximate surface area is 134 Å². The summed E-state index contributed by atoms with van der Waals surface area (Å²) < 4.78 is 1.96. The summed E-state index contributed by atoms with van der Waals surface area (Å²) >= 11 is 0. The number of carbonyl (C=O) groups excluding carboxylic acids is 1. The standard InChI is InChI=1S/C17H30N4O/c1-4-14(5-2)13-20(6-3)17(22)16-9-11-21(19-16)15-8-7-10-18-12-15/h9,11,14-15,18H,4-8,10,12-13H2,1-3H3. The first-order valence-electron chi connectivity index (χ1n) is 8.74. The van der Waals surface area contributed by atoms with Gasteiger partial charge in [-0.3, -0.25) is 9.48 Å². The van der Waals surface area contributed by atoms with Crippen LogP contribution >= 0.6 is 0 Å². The molecule has 1 N–H and O–H groups in total. The van der Waals surface area contributed by atoms with Crippen LogP contribution in [0, 0.1) is 5.92 Å². The summed E-state index contributed by atoms with van der Waals surface area (Å²) in [5.41, 5.74) is 0.582. The highest BCUT2D eigenvalue weighted by Crippen LogP contribution is 2.17. The van der Waals surface area contributed by atoms with E-state index in [4.69, 9.17) is 0 Å². The molecule has 1 amide bonds. The van der Waals surface area contributed by atoms with Crippen LogP contribution in [-0.4, -0.2) is 46.8 Å². The van der Waals surface area contributed by atoms with Crippen LogP contribution in [0.25, 0.3) is 0 Å². The molecule has 1 saturated heterocycles. The second-order valence-electron chi connectivity index (χ2n) is 6.21. The number of nitrogens with one attached hydrogen (secondary N) is 1. The second-order valence-corrected chi connectivity index (χ2v) is 6.21. The Hall–Kier alpha value is -1.36. The molecule has 5 heteroatoms. The van der Waals surface area contributed by atoms with E-state index in [2.05, 4.69) is 24.3 Å². The zero-order valence-corrected chi connectivity index (χ0v) is 14.2. The maximum absolute atomic E-state index is 12.7. The Morgan fingerprint density at radius 2 is 2.23 bits per heavy atom. The van der Waals surface area contributed by atoms with E-state index in [1.165, 1.54) is 6.42 Å². The van der Waals surface area contributed by atoms with Gasteiger partial charge >= 0.3 is 0 Å². The number of amides is 1. The van der Waals surface area contributed by atoms with Gasteiger partial charge in [0.25, 0.3) is 5.91 Å². The molecule has 5 nitrogen and oxygen atoms in total. The fraction of sp³-hybridized carbons (Fsp3) is 0.765. The van der Waals surface area contributed by atoms with Gasteiger partial charge in [0, 0.05) is 25.8 Å². The van der Waals surface area contributed by atoms with E-state index in [1.807, 2.05) is 28.8 Å². The number of hydrogen-bond donors (Lipinski definition) is 1. The topological polar surface area (TPSA) is 50.2 Å². The fourth-order valence-electron chi connectivity index (χ4n) is 3.09. The van der Waals surface area contributed by atoms with Crippen molar-refractivity contribution in [2.45, 2.75) is 52.5 Å². The summed E-state index contributed by atoms with van der Waals surface area (Å²) in [6.07, 6.45) is 6.48. The summed E-state index contributed by atoms with van der Waals surface area (Å²) in [6.45, 7) is 10.0. The highest BCUT2D eigenvalue weighted by Gasteiger charge is 2.21. The third-order valence-electron chi connectivity index (χ3n) is 4.77. The second kappa shape index (κ2) is 8.32. The van der Waals surface area contributed by atoms with Crippen molar-refractivity contribution in [3.05, 3.63) is 18.0 Å². The Morgan fingerprint density at radius 1 is 1.45 bits per heavy atom. The first kappa shape index (κ1) is 17.0. The van der Waals surface area contributed by atoms with Gasteiger partial charge in [-0.1, -0.05) is 26.7 Å². The van der Waals surface area contributed by atoms with E-state index < -0.39 is 0 Å². The number of carbonyl (C=O) groups is 1. The van der Waals surface area contributed by atoms with Crippen LogP contribution in [0.5, 0.6) is 0 Å². The van der Waals surface area contributed by atoms with E-state index in [-0.39, 0.29) is 5.91 Å². The average Bonchev–Trinajstić information content (AvgIpc) is 3.06. The molecule has 1 fully saturated rings. The summed E-state index contributed by atoms with van der Waals surface area (Å²) in [5.74, 6) is 0.644. The fourth-order valence-corrected chi connectivity index (χ4v) is 3.09. The Morgan fingerprint density at radius 3 is 2.82 bits per heavy atom. The normalized spacial score (nSPS) is 18.6. The Bertz CT molecular complexity index is 461. The van der Waals surface area contributed by atoms with Crippen LogP contribution in [-0.2, 0) is 0 Å². The first-order valence-corrected chi connectivity index (χ1v) is 8.74. The molecule has 1 aliphatic rings. The van der Waals surface area contributed by atoms with Crippen molar-refractivity contribution in [2.75, 3.05) is 26.2 Å². The summed E-state index contributed by atoms with van der Waals surface area (Å²) in [4.78, 5) is 14.6. The molecular formula is C17H30N4O. The van der Waals surface area contributed by atoms with Crippen molar-refractivity contribution in [2.24, 2.45) is 5.92 Å². The van der Waals surface area contributed by atoms with Crippen molar-refractivity contribution in [3.8, 4) is 0 Å². The van der Waals surface area contributed by atoms with Gasteiger partial charge in [-0.2, -0.15) is 5.10 Å². The quantitative estimate of drug-likeness (QED) is 0.842. The minimum absolute atomic E-state index is 0.0666. The van der Waals surface area contributed by atoms with Crippen LogP contribution in [0.1, 0.15) is 63.0 Å². The third-order valence-corrected chi connectivity index (χ3v) is 4.77. The zero-order valence-electron chi connectivity index (χ0n) is 14.2. The average molecular weight is 306 g/mol. The lowest BCUT2D eigenvalue weighted by Crippen LogP contribution is -2.36. The first-order chi connectivity index (χ1) is 10.7. The highest BCUT2D eigenvalue weighted by molar-refractivity contribution is 5.92. The van der Waals surface area contributed by atoms with Gasteiger partial charge in [0.1, 0.15) is 5.69 Å². The summed E-state index contributed by atoms with van der Waals surface area (Å²) in [7, 11) is 0. The van der Waals surface area contributed by atoms with Crippen LogP contribution in [0.3, 0.4) is 0 Å². The molecule has 1 atom stereocenters. The molecular weight excluding hydrogens is 276 g/mol. The molecule has 0 spiro atoms. The number of piperidine rings is 1. The van der Waals surface area contributed by atoms with E-state index >= 15 is 0 Å². The van der Waals surface area contributed by atoms with E-state index in [0.29, 0.717) is 17.7 Å². The Balaban J connectivity index is 2.02. The maximum atomic E-state index is 12.7. The highest BCUT2D eigenvalue weighted by atomic mass is 16.2. The lowest BCUT2D eigenvalue weighted by Gasteiger charge is -2.25. The minimum Gasteiger partial charge on any atom is -0.337 e. The van der Waals surface area contributed by atoms with Crippen LogP contribution in [0.15, 0.2) is 12.3 Å². The molecule has 1 unspecified atom stereocenters. The Kier molecular flexibility index (Phi) is 6.43. The van der Waals surface area contributed by atoms with Gasteiger partial charge in [-0.25, -0.2) is 0 Å². The molecule has 1 aromatic heterocycles. The van der Waals surface area contributed by atoms with Crippen LogP contribution < -0.4 is 5.32 Å². The van der Waals surface area contributed by atoms with Crippen LogP contribution in [0.2, 0.25) is 0 Å². The van der Waals surface area contributed by atoms with Crippen molar-refractivity contribution < 1.29 is 4.79 Å². The van der Waals surface area contributed by atoms with Gasteiger partial charge < -0.3 is 10.2 Å². The summed E-state index contributed by atoms with van der Waals surface area (Å²) in [5, 5.41) is 7.94. The molecule has 124 valence electrons. The van der Waals surface area contributed by atoms with Gasteiger partial charge in [0.2, 0.25) is 0 Å². The molecule has 0 aliphatic carbocycles. The molecule has 0 radical (unpaired) electrons. The number of rotatable bonds is 7. The smallest absolute Gasteiger partial charge is 0.274 e. The van der Waals surface area contributed by atoms with Crippen molar-refractivity contribution in [3.63, 3.8) is 0 Å². The number of hydrogen-bond acceptors (Lipinski definition) is 3. The predicted octanol–water partition coefficient (Wildman–Crippen LogP) is 2.71. The van der Waals surface area contributed by atoms with Crippen LogP contribution in [0.4, 0.5) is 0 Å². The molecule has 0 saturated carbocycles. The number of aromatic nitrogens is 2. The minimum atomic E-state index is 0.0666. The van der Waals surface area contributed by atoms with Gasteiger partial charge in [0.15, 0.2) is 0 Å². The van der Waals surface area contributed by atoms with Gasteiger partial charge in [-0.15, -0.1) is 0 Å². The van der Waals surface area contributed by atoms with E-state index in [0.717, 1.165) is 45.4 Å². The molecule has 0 aromatic carbocycles. The molecule has 1 aliphatic heterocycles. The molecule has 2 rings (SSSR count). The van der Waals surface area contributed by atoms with Gasteiger partial charge in [-0.05, 0) is 38.3 Å². The maximum Gasteiger partial charge on any atom is 0.274 e. The van der Waals surface area contributed by atoms with Crippen molar-refractivity contribution in [1.29, 1.82) is 0 Å². The van der Waals surface area contributed by atoms with Crippen molar-refractivity contribution >= 4 is 5.91 Å². The monoisotopic (exact) mass is 306 g/mol. The molecule has 22 heavy (non-hydrogen) atoms. The van der Waals surface area contributed by atoms with Crippen molar-refractivity contribution in [1.82, 2.24) is 20.0 Å². The summed E-state index contributed by atoms with van der Waals surface area (Å²) in [6, 6.07) is 2.25. The lowest BCUT2D eigenvalue weighted by molar-refractivity contribution is 0.0727. The van der Waals surface area contributed by atoms with E-state index in [9.17, 15) is 4.79 Å². The van der Waals surface area contributed by atoms with E-state index in [1.54, 1.807) is 0 Å². The lowest BCUT2D eigenvalue weighted by atomic mass is 10.0. The predicted molar refractivity (Wildman–Crippen MR) is 89.0 cm³/mol. The number of nitrogens with zero attached hydrogens (tertiary/aromatic N) is 3. The molecule has 1 aromatic rings. The molecule has 0 bridgehead atoms. The van der Waals surface area contributed by atoms with Gasteiger partial charge in [0.05, 0.1) is 6.04 Å².